The standard InChI is InChI=1S/C10H7F5N2O2/c11-9(12,10(13,14)15)8(19)17-6-4-2-1-3-5(6)7(16)18/h1-4H,(H2,16,18)(H,17,19). The summed E-state index contributed by atoms with van der Waals surface area (Å²) in [6.45, 7) is 0. The van der Waals surface area contributed by atoms with E-state index in [1.807, 2.05) is 0 Å². The van der Waals surface area contributed by atoms with Gasteiger partial charge in [0.05, 0.1) is 11.3 Å². The maximum atomic E-state index is 12.7. The molecule has 0 bridgehead atoms. The zero-order valence-electron chi connectivity index (χ0n) is 9.09. The molecule has 3 N–H and O–H groups in total. The highest BCUT2D eigenvalue weighted by Crippen LogP contribution is 2.36. The smallest absolute Gasteiger partial charge is 0.366 e. The zero-order valence-corrected chi connectivity index (χ0v) is 9.09. The molecule has 1 aromatic rings. The van der Waals surface area contributed by atoms with Crippen molar-refractivity contribution in [3.05, 3.63) is 29.8 Å². The van der Waals surface area contributed by atoms with E-state index in [2.05, 4.69) is 0 Å². The fourth-order valence-corrected chi connectivity index (χ4v) is 1.14. The van der Waals surface area contributed by atoms with Crippen LogP contribution in [0, 0.1) is 0 Å². The van der Waals surface area contributed by atoms with Crippen LogP contribution < -0.4 is 11.1 Å². The number of carbonyl (C=O) groups excluding carboxylic acids is 2. The molecule has 0 aliphatic heterocycles. The summed E-state index contributed by atoms with van der Waals surface area (Å²) >= 11 is 0. The second kappa shape index (κ2) is 4.82. The lowest BCUT2D eigenvalue weighted by atomic mass is 10.1. The van der Waals surface area contributed by atoms with Crippen LogP contribution in [0.5, 0.6) is 0 Å². The minimum absolute atomic E-state index is 0.381. The van der Waals surface area contributed by atoms with Crippen LogP contribution in [0.2, 0.25) is 0 Å². The summed E-state index contributed by atoms with van der Waals surface area (Å²) in [5.41, 5.74) is 3.98. The Morgan fingerprint density at radius 3 is 2.05 bits per heavy atom. The predicted octanol–water partition coefficient (Wildman–Crippen LogP) is 1.92. The Hall–Kier alpha value is -2.19. The Balaban J connectivity index is 3.05. The number of benzene rings is 1. The SMILES string of the molecule is NC(=O)c1ccccc1NC(=O)C(F)(F)C(F)(F)F. The van der Waals surface area contributed by atoms with Gasteiger partial charge in [0, 0.05) is 0 Å². The molecule has 0 aromatic heterocycles. The summed E-state index contributed by atoms with van der Waals surface area (Å²) in [6.07, 6.45) is -6.03. The van der Waals surface area contributed by atoms with E-state index in [1.54, 1.807) is 0 Å². The van der Waals surface area contributed by atoms with E-state index in [1.165, 1.54) is 17.4 Å². The molecule has 0 saturated carbocycles. The Labute approximate surface area is 103 Å². The fourth-order valence-electron chi connectivity index (χ4n) is 1.14. The first-order valence-electron chi connectivity index (χ1n) is 4.72. The zero-order chi connectivity index (χ0) is 14.8. The second-order valence-corrected chi connectivity index (χ2v) is 3.44. The summed E-state index contributed by atoms with van der Waals surface area (Å²) in [4.78, 5) is 21.8. The van der Waals surface area contributed by atoms with E-state index in [-0.39, 0.29) is 5.56 Å². The van der Waals surface area contributed by atoms with E-state index < -0.39 is 29.6 Å². The van der Waals surface area contributed by atoms with E-state index in [0.29, 0.717) is 0 Å². The molecule has 0 spiro atoms. The number of hydrogen-bond donors (Lipinski definition) is 2. The Kier molecular flexibility index (Phi) is 3.78. The van der Waals surface area contributed by atoms with Gasteiger partial charge in [-0.05, 0) is 12.1 Å². The van der Waals surface area contributed by atoms with E-state index in [4.69, 9.17) is 5.73 Å². The third-order valence-electron chi connectivity index (χ3n) is 2.08. The van der Waals surface area contributed by atoms with Crippen molar-refractivity contribution in [2.45, 2.75) is 12.1 Å². The number of nitrogens with two attached hydrogens (primary N) is 1. The van der Waals surface area contributed by atoms with Crippen LogP contribution in [0.3, 0.4) is 0 Å². The normalized spacial score (nSPS) is 12.1. The van der Waals surface area contributed by atoms with Crippen LogP contribution in [0.1, 0.15) is 10.4 Å². The molecule has 4 nitrogen and oxygen atoms in total. The molecule has 0 fully saturated rings. The minimum atomic E-state index is -6.03. The Morgan fingerprint density at radius 2 is 1.58 bits per heavy atom. The number of hydrogen-bond acceptors (Lipinski definition) is 2. The number of nitrogens with one attached hydrogen (secondary N) is 1. The first-order chi connectivity index (χ1) is 8.57. The van der Waals surface area contributed by atoms with Gasteiger partial charge < -0.3 is 11.1 Å². The fraction of sp³-hybridized carbons (Fsp3) is 0.200. The molecule has 0 aliphatic rings. The van der Waals surface area contributed by atoms with E-state index >= 15 is 0 Å². The minimum Gasteiger partial charge on any atom is -0.366 e. The van der Waals surface area contributed by atoms with Crippen LogP contribution in [0.15, 0.2) is 24.3 Å². The van der Waals surface area contributed by atoms with Crippen LogP contribution >= 0.6 is 0 Å². The number of primary amides is 1. The summed E-state index contributed by atoms with van der Waals surface area (Å²) < 4.78 is 61.2. The topological polar surface area (TPSA) is 72.2 Å². The molecule has 1 rings (SSSR count). The van der Waals surface area contributed by atoms with Crippen molar-refractivity contribution < 1.29 is 31.5 Å². The van der Waals surface area contributed by atoms with Crippen molar-refractivity contribution in [2.75, 3.05) is 5.32 Å². The van der Waals surface area contributed by atoms with Crippen molar-refractivity contribution >= 4 is 17.5 Å². The third-order valence-corrected chi connectivity index (χ3v) is 2.08. The van der Waals surface area contributed by atoms with Gasteiger partial charge >= 0.3 is 18.0 Å². The van der Waals surface area contributed by atoms with Gasteiger partial charge in [0.1, 0.15) is 0 Å². The monoisotopic (exact) mass is 282 g/mol. The highest BCUT2D eigenvalue weighted by molar-refractivity contribution is 6.04. The average molecular weight is 282 g/mol. The van der Waals surface area contributed by atoms with Gasteiger partial charge in [0.25, 0.3) is 5.91 Å². The molecule has 0 heterocycles. The highest BCUT2D eigenvalue weighted by Gasteiger charge is 2.63. The molecule has 0 radical (unpaired) electrons. The summed E-state index contributed by atoms with van der Waals surface area (Å²) in [5.74, 6) is -9.24. The number of rotatable bonds is 3. The van der Waals surface area contributed by atoms with Crippen molar-refractivity contribution in [3.8, 4) is 0 Å². The van der Waals surface area contributed by atoms with Crippen LogP contribution in [0.4, 0.5) is 27.6 Å². The molecule has 1 aromatic carbocycles. The van der Waals surface area contributed by atoms with Crippen molar-refractivity contribution in [1.82, 2.24) is 0 Å². The lowest BCUT2D eigenvalue weighted by Gasteiger charge is -2.19. The lowest BCUT2D eigenvalue weighted by Crippen LogP contribution is -2.47. The van der Waals surface area contributed by atoms with Gasteiger partial charge in [-0.25, -0.2) is 0 Å². The van der Waals surface area contributed by atoms with Crippen molar-refractivity contribution in [1.29, 1.82) is 0 Å². The molecule has 2 amide bonds. The number of amides is 2. The highest BCUT2D eigenvalue weighted by atomic mass is 19.4. The van der Waals surface area contributed by atoms with Crippen LogP contribution in [-0.4, -0.2) is 23.9 Å². The van der Waals surface area contributed by atoms with Gasteiger partial charge in [-0.1, -0.05) is 12.1 Å². The third kappa shape index (κ3) is 2.98. The Morgan fingerprint density at radius 1 is 1.05 bits per heavy atom. The largest absolute Gasteiger partial charge is 0.463 e. The first kappa shape index (κ1) is 14.9. The number of alkyl halides is 5. The van der Waals surface area contributed by atoms with E-state index in [0.717, 1.165) is 12.1 Å². The predicted molar refractivity (Wildman–Crippen MR) is 54.6 cm³/mol. The molecule has 0 aliphatic carbocycles. The molecule has 9 heteroatoms. The quantitative estimate of drug-likeness (QED) is 0.831. The van der Waals surface area contributed by atoms with Crippen LogP contribution in [-0.2, 0) is 4.79 Å². The van der Waals surface area contributed by atoms with Gasteiger partial charge in [0.15, 0.2) is 0 Å². The number of anilines is 1. The number of carbonyl (C=O) groups is 2. The maximum Gasteiger partial charge on any atom is 0.463 e. The van der Waals surface area contributed by atoms with Crippen molar-refractivity contribution in [3.63, 3.8) is 0 Å². The summed E-state index contributed by atoms with van der Waals surface area (Å²) in [7, 11) is 0. The molecule has 0 unspecified atom stereocenters. The number of halogens is 5. The molecular formula is C10H7F5N2O2. The average Bonchev–Trinajstić information content (AvgIpc) is 2.27. The van der Waals surface area contributed by atoms with E-state index in [9.17, 15) is 31.5 Å². The van der Waals surface area contributed by atoms with Crippen molar-refractivity contribution in [2.24, 2.45) is 5.73 Å². The molecule has 104 valence electrons. The summed E-state index contributed by atoms with van der Waals surface area (Å²) in [5, 5.41) is 1.33. The molecule has 0 atom stereocenters. The summed E-state index contributed by atoms with van der Waals surface area (Å²) in [6, 6.07) is 4.58. The van der Waals surface area contributed by atoms with Gasteiger partial charge in [0.2, 0.25) is 0 Å². The van der Waals surface area contributed by atoms with Gasteiger partial charge in [-0.3, -0.25) is 9.59 Å². The maximum absolute atomic E-state index is 12.7. The second-order valence-electron chi connectivity index (χ2n) is 3.44. The molecular weight excluding hydrogens is 275 g/mol. The lowest BCUT2D eigenvalue weighted by molar-refractivity contribution is -0.267. The first-order valence-corrected chi connectivity index (χ1v) is 4.72. The molecule has 0 saturated heterocycles. The number of para-hydroxylation sites is 1. The Bertz CT molecular complexity index is 513. The molecule has 19 heavy (non-hydrogen) atoms. The van der Waals surface area contributed by atoms with Gasteiger partial charge in [-0.15, -0.1) is 0 Å². The van der Waals surface area contributed by atoms with Crippen LogP contribution in [0.25, 0.3) is 0 Å². The van der Waals surface area contributed by atoms with Gasteiger partial charge in [-0.2, -0.15) is 22.0 Å².